The van der Waals surface area contributed by atoms with Crippen molar-refractivity contribution < 1.29 is 9.53 Å². The van der Waals surface area contributed by atoms with Gasteiger partial charge in [0.15, 0.2) is 0 Å². The number of fused-ring (bicyclic) bond motifs is 2. The monoisotopic (exact) mass is 372 g/mol. The Balaban J connectivity index is 1.70. The van der Waals surface area contributed by atoms with Crippen LogP contribution >= 0.6 is 0 Å². The molecule has 1 aliphatic heterocycles. The van der Waals surface area contributed by atoms with Crippen LogP contribution in [0.3, 0.4) is 0 Å². The predicted octanol–water partition coefficient (Wildman–Crippen LogP) is 3.36. The van der Waals surface area contributed by atoms with E-state index in [4.69, 9.17) is 4.74 Å². The summed E-state index contributed by atoms with van der Waals surface area (Å²) in [5, 5.41) is 4.60. The van der Waals surface area contributed by atoms with Gasteiger partial charge in [0.2, 0.25) is 0 Å². The number of nitrogens with one attached hydrogen (secondary N) is 1. The Kier molecular flexibility index (Phi) is 4.48. The van der Waals surface area contributed by atoms with Crippen LogP contribution in [0.2, 0.25) is 0 Å². The van der Waals surface area contributed by atoms with Gasteiger partial charge in [0.1, 0.15) is 11.2 Å². The average Bonchev–Trinajstić information content (AvgIpc) is 3.05. The lowest BCUT2D eigenvalue weighted by Gasteiger charge is -2.35. The maximum atomic E-state index is 12.8. The zero-order valence-corrected chi connectivity index (χ0v) is 16.4. The van der Waals surface area contributed by atoms with E-state index in [2.05, 4.69) is 10.1 Å². The Labute approximate surface area is 158 Å². The summed E-state index contributed by atoms with van der Waals surface area (Å²) in [6.07, 6.45) is 6.38. The van der Waals surface area contributed by atoms with Gasteiger partial charge in [-0.25, -0.2) is 4.79 Å². The van der Waals surface area contributed by atoms with Gasteiger partial charge >= 0.3 is 6.09 Å². The number of carbonyl (C=O) groups excluding carboxylic acids is 1. The second kappa shape index (κ2) is 6.69. The third kappa shape index (κ3) is 3.47. The number of carbonyl (C=O) groups is 1. The molecule has 2 aromatic heterocycles. The van der Waals surface area contributed by atoms with Gasteiger partial charge in [0.25, 0.3) is 5.56 Å². The first kappa shape index (κ1) is 18.1. The largest absolute Gasteiger partial charge is 0.444 e. The Hall–Kier alpha value is -2.31. The minimum Gasteiger partial charge on any atom is -0.444 e. The Bertz CT molecular complexity index is 922. The molecule has 0 saturated carbocycles. The van der Waals surface area contributed by atoms with E-state index in [1.54, 1.807) is 4.90 Å². The van der Waals surface area contributed by atoms with E-state index >= 15 is 0 Å². The van der Waals surface area contributed by atoms with Crippen molar-refractivity contribution in [1.29, 1.82) is 0 Å². The lowest BCUT2D eigenvalue weighted by molar-refractivity contribution is 0.00897. The summed E-state index contributed by atoms with van der Waals surface area (Å²) in [5.41, 5.74) is 2.81. The lowest BCUT2D eigenvalue weighted by atomic mass is 9.97. The zero-order valence-electron chi connectivity index (χ0n) is 16.4. The van der Waals surface area contributed by atoms with Gasteiger partial charge in [-0.1, -0.05) is 0 Å². The van der Waals surface area contributed by atoms with Crippen LogP contribution in [0.4, 0.5) is 4.79 Å². The summed E-state index contributed by atoms with van der Waals surface area (Å²) < 4.78 is 7.06. The van der Waals surface area contributed by atoms with Crippen LogP contribution in [0.1, 0.15) is 75.9 Å². The molecule has 0 radical (unpaired) electrons. The molecule has 1 fully saturated rings. The van der Waals surface area contributed by atoms with Crippen LogP contribution in [0.15, 0.2) is 10.9 Å². The molecule has 1 unspecified atom stereocenters. The molecule has 7 nitrogen and oxygen atoms in total. The summed E-state index contributed by atoms with van der Waals surface area (Å²) in [7, 11) is 0. The maximum absolute atomic E-state index is 12.8. The number of piperidine rings is 1. The van der Waals surface area contributed by atoms with Crippen molar-refractivity contribution in [3.05, 3.63) is 33.4 Å². The highest BCUT2D eigenvalue weighted by Crippen LogP contribution is 2.32. The number of hydrogen-bond donors (Lipinski definition) is 1. The maximum Gasteiger partial charge on any atom is 0.410 e. The Morgan fingerprint density at radius 2 is 2.00 bits per heavy atom. The third-order valence-corrected chi connectivity index (χ3v) is 5.40. The molecular formula is C20H28N4O3. The van der Waals surface area contributed by atoms with E-state index in [9.17, 15) is 9.59 Å². The van der Waals surface area contributed by atoms with Gasteiger partial charge in [-0.15, -0.1) is 0 Å². The minimum absolute atomic E-state index is 0.0238. The van der Waals surface area contributed by atoms with Gasteiger partial charge in [-0.3, -0.25) is 9.69 Å². The molecule has 2 aromatic rings. The molecule has 0 spiro atoms. The van der Waals surface area contributed by atoms with Gasteiger partial charge in [-0.2, -0.15) is 9.61 Å². The Morgan fingerprint density at radius 3 is 2.78 bits per heavy atom. The van der Waals surface area contributed by atoms with Gasteiger partial charge in [0.05, 0.1) is 11.7 Å². The molecule has 1 aliphatic carbocycles. The van der Waals surface area contributed by atoms with E-state index in [0.29, 0.717) is 12.2 Å². The van der Waals surface area contributed by atoms with Crippen LogP contribution in [-0.4, -0.2) is 37.7 Å². The molecule has 27 heavy (non-hydrogen) atoms. The smallest absolute Gasteiger partial charge is 0.410 e. The van der Waals surface area contributed by atoms with E-state index in [1.807, 2.05) is 26.8 Å². The van der Waals surface area contributed by atoms with E-state index in [1.165, 1.54) is 4.52 Å². The summed E-state index contributed by atoms with van der Waals surface area (Å²) in [5.74, 6) is 0. The van der Waals surface area contributed by atoms with Crippen molar-refractivity contribution in [3.63, 3.8) is 0 Å². The topological polar surface area (TPSA) is 79.7 Å². The molecule has 1 saturated heterocycles. The fourth-order valence-corrected chi connectivity index (χ4v) is 4.15. The average molecular weight is 372 g/mol. The van der Waals surface area contributed by atoms with Crippen molar-refractivity contribution in [1.82, 2.24) is 19.5 Å². The zero-order chi connectivity index (χ0) is 19.2. The summed E-state index contributed by atoms with van der Waals surface area (Å²) >= 11 is 0. The third-order valence-electron chi connectivity index (χ3n) is 5.40. The molecule has 0 bridgehead atoms. The number of H-pyrrole nitrogens is 1. The van der Waals surface area contributed by atoms with Crippen LogP contribution in [0, 0.1) is 0 Å². The quantitative estimate of drug-likeness (QED) is 0.832. The molecule has 0 aromatic carbocycles. The molecule has 4 rings (SSSR count). The fourth-order valence-electron chi connectivity index (χ4n) is 4.15. The summed E-state index contributed by atoms with van der Waals surface area (Å²) in [4.78, 5) is 30.7. The van der Waals surface area contributed by atoms with Gasteiger partial charge < -0.3 is 9.72 Å². The van der Waals surface area contributed by atoms with E-state index < -0.39 is 5.60 Å². The summed E-state index contributed by atoms with van der Waals surface area (Å²) in [6, 6.07) is 1.77. The highest BCUT2D eigenvalue weighted by Gasteiger charge is 2.33. The van der Waals surface area contributed by atoms with Crippen LogP contribution in [-0.2, 0) is 17.6 Å². The first-order chi connectivity index (χ1) is 12.8. The predicted molar refractivity (Wildman–Crippen MR) is 102 cm³/mol. The van der Waals surface area contributed by atoms with Crippen molar-refractivity contribution in [2.75, 3.05) is 6.54 Å². The van der Waals surface area contributed by atoms with Crippen molar-refractivity contribution in [2.24, 2.45) is 0 Å². The number of rotatable bonds is 1. The second-order valence-corrected chi connectivity index (χ2v) is 8.65. The van der Waals surface area contributed by atoms with E-state index in [0.717, 1.165) is 61.9 Å². The number of likely N-dealkylation sites (tertiary alicyclic amines) is 1. The number of amides is 1. The molecule has 146 valence electrons. The standard InChI is InChI=1S/C20H28N4O3/c1-20(2,3)27-19(26)23-11-7-6-10-16(23)15-12-17-21-14-9-5-4-8-13(14)18(25)24(17)22-15/h12,16,21H,4-11H2,1-3H3. The van der Waals surface area contributed by atoms with Crippen molar-refractivity contribution >= 4 is 11.7 Å². The molecular weight excluding hydrogens is 344 g/mol. The summed E-state index contributed by atoms with van der Waals surface area (Å²) in [6.45, 7) is 6.27. The molecule has 2 aliphatic rings. The van der Waals surface area contributed by atoms with Crippen molar-refractivity contribution in [2.45, 2.75) is 77.4 Å². The number of aromatic nitrogens is 3. The van der Waals surface area contributed by atoms with E-state index in [-0.39, 0.29) is 17.7 Å². The molecule has 1 amide bonds. The van der Waals surface area contributed by atoms with Crippen LogP contribution in [0.25, 0.3) is 5.65 Å². The highest BCUT2D eigenvalue weighted by atomic mass is 16.6. The number of ether oxygens (including phenoxy) is 1. The number of hydrogen-bond acceptors (Lipinski definition) is 4. The fraction of sp³-hybridized carbons (Fsp3) is 0.650. The molecule has 1 atom stereocenters. The Morgan fingerprint density at radius 1 is 1.22 bits per heavy atom. The molecule has 3 heterocycles. The highest BCUT2D eigenvalue weighted by molar-refractivity contribution is 5.69. The minimum atomic E-state index is -0.535. The molecule has 7 heteroatoms. The molecule has 1 N–H and O–H groups in total. The lowest BCUT2D eigenvalue weighted by Crippen LogP contribution is -2.42. The van der Waals surface area contributed by atoms with Crippen molar-refractivity contribution in [3.8, 4) is 0 Å². The number of aryl methyl sites for hydroxylation is 1. The first-order valence-corrected chi connectivity index (χ1v) is 9.97. The second-order valence-electron chi connectivity index (χ2n) is 8.65. The van der Waals surface area contributed by atoms with Crippen LogP contribution in [0.5, 0.6) is 0 Å². The SMILES string of the molecule is CC(C)(C)OC(=O)N1CCCCC1c1cc2[nH]c3c(c(=O)n2n1)CCCC3. The normalized spacial score (nSPS) is 20.6. The number of nitrogens with zero attached hydrogens (tertiary/aromatic N) is 3. The van der Waals surface area contributed by atoms with Gasteiger partial charge in [-0.05, 0) is 65.7 Å². The van der Waals surface area contributed by atoms with Gasteiger partial charge in [0, 0.05) is 23.9 Å². The first-order valence-electron chi connectivity index (χ1n) is 9.97. The van der Waals surface area contributed by atoms with Crippen LogP contribution < -0.4 is 5.56 Å². The number of aromatic amines is 1.